The molecule has 0 aromatic heterocycles. The first-order valence-corrected chi connectivity index (χ1v) is 6.18. The molecule has 0 aliphatic carbocycles. The molecule has 1 aliphatic rings. The van der Waals surface area contributed by atoms with Crippen molar-refractivity contribution in [1.82, 2.24) is 10.2 Å². The van der Waals surface area contributed by atoms with Crippen LogP contribution in [0.4, 0.5) is 0 Å². The summed E-state index contributed by atoms with van der Waals surface area (Å²) in [5, 5.41) is 2.63. The highest BCUT2D eigenvalue weighted by molar-refractivity contribution is 5.78. The highest BCUT2D eigenvalue weighted by Gasteiger charge is 2.26. The zero-order chi connectivity index (χ0) is 13.4. The number of piperidine rings is 1. The molecule has 0 aromatic rings. The summed E-state index contributed by atoms with van der Waals surface area (Å²) in [6.07, 6.45) is 8.50. The molecule has 100 valence electrons. The van der Waals surface area contributed by atoms with E-state index < -0.39 is 0 Å². The number of rotatable bonds is 5. The second kappa shape index (κ2) is 7.72. The molecule has 1 amide bonds. The van der Waals surface area contributed by atoms with Crippen LogP contribution in [0.2, 0.25) is 0 Å². The van der Waals surface area contributed by atoms with Gasteiger partial charge in [0.15, 0.2) is 0 Å². The number of hydrogen-bond acceptors (Lipinski definition) is 4. The molecule has 1 saturated heterocycles. The first-order chi connectivity index (χ1) is 8.67. The summed E-state index contributed by atoms with van der Waals surface area (Å²) in [5.74, 6) is 2.04. The standard InChI is InChI=1S/C13H20N2O3/c1-3-7-14-12(16)10-15-8-5-4-6-11(15)9-13(17)18-2/h1,11H,4-10H2,2H3,(H,14,16). The van der Waals surface area contributed by atoms with Crippen molar-refractivity contribution in [3.63, 3.8) is 0 Å². The van der Waals surface area contributed by atoms with E-state index in [-0.39, 0.29) is 24.5 Å². The van der Waals surface area contributed by atoms with E-state index in [1.165, 1.54) is 7.11 Å². The molecule has 0 saturated carbocycles. The molecule has 1 unspecified atom stereocenters. The molecule has 1 heterocycles. The SMILES string of the molecule is C#CCNC(=O)CN1CCCCC1CC(=O)OC. The Bertz CT molecular complexity index is 336. The Labute approximate surface area is 108 Å². The number of terminal acetylenes is 1. The second-order valence-electron chi connectivity index (χ2n) is 4.38. The smallest absolute Gasteiger partial charge is 0.307 e. The second-order valence-corrected chi connectivity index (χ2v) is 4.38. The van der Waals surface area contributed by atoms with Gasteiger partial charge in [-0.15, -0.1) is 6.42 Å². The number of hydrogen-bond donors (Lipinski definition) is 1. The fourth-order valence-electron chi connectivity index (χ4n) is 2.17. The van der Waals surface area contributed by atoms with Gasteiger partial charge in [0.1, 0.15) is 0 Å². The Balaban J connectivity index is 2.46. The van der Waals surface area contributed by atoms with Crippen molar-refractivity contribution < 1.29 is 14.3 Å². The summed E-state index contributed by atoms with van der Waals surface area (Å²) < 4.78 is 4.68. The van der Waals surface area contributed by atoms with Gasteiger partial charge < -0.3 is 10.1 Å². The van der Waals surface area contributed by atoms with Gasteiger partial charge in [0.05, 0.1) is 26.6 Å². The lowest BCUT2D eigenvalue weighted by molar-refractivity contribution is -0.143. The van der Waals surface area contributed by atoms with Crippen LogP contribution in [0.25, 0.3) is 0 Å². The molecule has 1 rings (SSSR count). The Morgan fingerprint density at radius 2 is 2.28 bits per heavy atom. The summed E-state index contributed by atoms with van der Waals surface area (Å²) in [6, 6.07) is 0.0998. The maximum Gasteiger partial charge on any atom is 0.307 e. The summed E-state index contributed by atoms with van der Waals surface area (Å²) >= 11 is 0. The molecule has 1 atom stereocenters. The molecule has 18 heavy (non-hydrogen) atoms. The fraction of sp³-hybridized carbons (Fsp3) is 0.692. The number of carbonyl (C=O) groups is 2. The van der Waals surface area contributed by atoms with Gasteiger partial charge in [0.2, 0.25) is 5.91 Å². The number of amides is 1. The molecule has 1 aliphatic heterocycles. The lowest BCUT2D eigenvalue weighted by atomic mass is 9.99. The number of carbonyl (C=O) groups excluding carboxylic acids is 2. The highest BCUT2D eigenvalue weighted by atomic mass is 16.5. The molecule has 1 N–H and O–H groups in total. The molecular formula is C13H20N2O3. The molecule has 0 aromatic carbocycles. The maximum atomic E-state index is 11.6. The summed E-state index contributed by atoms with van der Waals surface area (Å²) in [6.45, 7) is 1.38. The van der Waals surface area contributed by atoms with Gasteiger partial charge in [-0.3, -0.25) is 14.5 Å². The first-order valence-electron chi connectivity index (χ1n) is 6.18. The van der Waals surface area contributed by atoms with Crippen LogP contribution >= 0.6 is 0 Å². The lowest BCUT2D eigenvalue weighted by Crippen LogP contribution is -2.46. The Kier molecular flexibility index (Phi) is 6.23. The predicted octanol–water partition coefficient (Wildman–Crippen LogP) is 0.153. The Hall–Kier alpha value is -1.54. The number of nitrogens with zero attached hydrogens (tertiary/aromatic N) is 1. The minimum atomic E-state index is -0.226. The largest absolute Gasteiger partial charge is 0.469 e. The third-order valence-electron chi connectivity index (χ3n) is 3.11. The van der Waals surface area contributed by atoms with Gasteiger partial charge in [0.25, 0.3) is 0 Å². The van der Waals surface area contributed by atoms with Crippen molar-refractivity contribution in [3.05, 3.63) is 0 Å². The average molecular weight is 252 g/mol. The van der Waals surface area contributed by atoms with Crippen molar-refractivity contribution in [1.29, 1.82) is 0 Å². The third kappa shape index (κ3) is 4.76. The van der Waals surface area contributed by atoms with E-state index in [0.717, 1.165) is 25.8 Å². The summed E-state index contributed by atoms with van der Waals surface area (Å²) in [7, 11) is 1.38. The molecule has 1 fully saturated rings. The average Bonchev–Trinajstić information content (AvgIpc) is 2.38. The van der Waals surface area contributed by atoms with Crippen molar-refractivity contribution in [3.8, 4) is 12.3 Å². The van der Waals surface area contributed by atoms with Gasteiger partial charge in [0, 0.05) is 6.04 Å². The molecule has 0 spiro atoms. The first kappa shape index (κ1) is 14.5. The van der Waals surface area contributed by atoms with Gasteiger partial charge in [-0.2, -0.15) is 0 Å². The van der Waals surface area contributed by atoms with E-state index in [2.05, 4.69) is 16.0 Å². The number of nitrogens with one attached hydrogen (secondary N) is 1. The third-order valence-corrected chi connectivity index (χ3v) is 3.11. The summed E-state index contributed by atoms with van der Waals surface area (Å²) in [5.41, 5.74) is 0. The monoisotopic (exact) mass is 252 g/mol. The van der Waals surface area contributed by atoms with Crippen LogP contribution in [0, 0.1) is 12.3 Å². The van der Waals surface area contributed by atoms with E-state index in [4.69, 9.17) is 6.42 Å². The van der Waals surface area contributed by atoms with Crippen LogP contribution < -0.4 is 5.32 Å². The van der Waals surface area contributed by atoms with Crippen molar-refractivity contribution in [2.24, 2.45) is 0 Å². The van der Waals surface area contributed by atoms with Gasteiger partial charge in [-0.25, -0.2) is 0 Å². The van der Waals surface area contributed by atoms with E-state index in [9.17, 15) is 9.59 Å². The minimum absolute atomic E-state index is 0.0929. The number of ether oxygens (including phenoxy) is 1. The summed E-state index contributed by atoms with van der Waals surface area (Å²) in [4.78, 5) is 24.9. The lowest BCUT2D eigenvalue weighted by Gasteiger charge is -2.34. The molecular weight excluding hydrogens is 232 g/mol. The van der Waals surface area contributed by atoms with Crippen molar-refractivity contribution in [2.45, 2.75) is 31.7 Å². The van der Waals surface area contributed by atoms with Gasteiger partial charge in [-0.1, -0.05) is 12.3 Å². The number of likely N-dealkylation sites (tertiary alicyclic amines) is 1. The molecule has 5 nitrogen and oxygen atoms in total. The number of esters is 1. The molecule has 0 radical (unpaired) electrons. The van der Waals surface area contributed by atoms with Crippen LogP contribution in [0.15, 0.2) is 0 Å². The van der Waals surface area contributed by atoms with Crippen LogP contribution in [0.3, 0.4) is 0 Å². The van der Waals surface area contributed by atoms with Crippen molar-refractivity contribution >= 4 is 11.9 Å². The molecule has 0 bridgehead atoms. The normalized spacial score (nSPS) is 19.9. The maximum absolute atomic E-state index is 11.6. The van der Waals surface area contributed by atoms with Crippen molar-refractivity contribution in [2.75, 3.05) is 26.7 Å². The predicted molar refractivity (Wildman–Crippen MR) is 67.7 cm³/mol. The van der Waals surface area contributed by atoms with Gasteiger partial charge in [-0.05, 0) is 19.4 Å². The van der Waals surface area contributed by atoms with E-state index in [0.29, 0.717) is 13.0 Å². The fourth-order valence-corrected chi connectivity index (χ4v) is 2.17. The number of methoxy groups -OCH3 is 1. The van der Waals surface area contributed by atoms with Crippen LogP contribution in [0.5, 0.6) is 0 Å². The van der Waals surface area contributed by atoms with Crippen LogP contribution in [0.1, 0.15) is 25.7 Å². The Morgan fingerprint density at radius 1 is 1.50 bits per heavy atom. The Morgan fingerprint density at radius 3 is 2.94 bits per heavy atom. The van der Waals surface area contributed by atoms with Crippen LogP contribution in [-0.2, 0) is 14.3 Å². The van der Waals surface area contributed by atoms with Crippen LogP contribution in [-0.4, -0.2) is 49.6 Å². The van der Waals surface area contributed by atoms with E-state index in [1.54, 1.807) is 0 Å². The zero-order valence-corrected chi connectivity index (χ0v) is 10.8. The minimum Gasteiger partial charge on any atom is -0.469 e. The highest BCUT2D eigenvalue weighted by Crippen LogP contribution is 2.19. The van der Waals surface area contributed by atoms with E-state index >= 15 is 0 Å². The zero-order valence-electron chi connectivity index (χ0n) is 10.8. The molecule has 5 heteroatoms. The van der Waals surface area contributed by atoms with E-state index in [1.807, 2.05) is 4.90 Å². The van der Waals surface area contributed by atoms with Gasteiger partial charge >= 0.3 is 5.97 Å². The topological polar surface area (TPSA) is 58.6 Å². The quantitative estimate of drug-likeness (QED) is 0.559.